The van der Waals surface area contributed by atoms with Crippen molar-refractivity contribution in [3.8, 4) is 5.75 Å². The number of nitrogens with two attached hydrogens (primary N) is 1. The molecule has 3 saturated heterocycles. The molecule has 5 unspecified atom stereocenters. The van der Waals surface area contributed by atoms with Gasteiger partial charge < -0.3 is 85.1 Å². The van der Waals surface area contributed by atoms with Crippen LogP contribution in [0.3, 0.4) is 0 Å². The Kier molecular flexibility index (Phi) is 30.2. The summed E-state index contributed by atoms with van der Waals surface area (Å²) >= 11 is 0. The van der Waals surface area contributed by atoms with Gasteiger partial charge in [-0.3, -0.25) is 38.9 Å². The number of benzene rings is 1. The van der Waals surface area contributed by atoms with Crippen molar-refractivity contribution >= 4 is 41.4 Å². The molecule has 3 heterocycles. The quantitative estimate of drug-likeness (QED) is 0.0549. The average Bonchev–Trinajstić information content (AvgIpc) is 2.10. The first kappa shape index (κ1) is 73.6. The third kappa shape index (κ3) is 20.0. The third-order valence-corrected chi connectivity index (χ3v) is 18.3. The van der Waals surface area contributed by atoms with Crippen LogP contribution in [-0.4, -0.2) is 266 Å². The lowest BCUT2D eigenvalue weighted by molar-refractivity contribution is -0.160. The molecule has 0 saturated carbocycles. The minimum absolute atomic E-state index is 0.00411. The molecule has 502 valence electrons. The van der Waals surface area contributed by atoms with Gasteiger partial charge in [0.05, 0.1) is 37.6 Å². The fraction of sp³-hybridized carbons (Fsp3) is 0.794. The lowest BCUT2D eigenvalue weighted by Crippen LogP contribution is -2.65. The van der Waals surface area contributed by atoms with Crippen LogP contribution >= 0.6 is 0 Å². The number of amides is 7. The molecule has 0 bridgehead atoms. The van der Waals surface area contributed by atoms with Gasteiger partial charge in [-0.2, -0.15) is 0 Å². The van der Waals surface area contributed by atoms with E-state index in [2.05, 4.69) is 36.7 Å². The summed E-state index contributed by atoms with van der Waals surface area (Å²) in [6.07, 6.45) is -4.04. The number of methoxy groups -OCH3 is 4. The van der Waals surface area contributed by atoms with Crippen LogP contribution in [0.25, 0.3) is 0 Å². The zero-order valence-corrected chi connectivity index (χ0v) is 55.2. The summed E-state index contributed by atoms with van der Waals surface area (Å²) in [5.74, 6) is -4.44. The molecule has 1 aromatic rings. The molecular weight excluding hydrogens is 1140 g/mol. The van der Waals surface area contributed by atoms with Crippen LogP contribution in [0.4, 0.5) is 0 Å². The molecule has 7 amide bonds. The first-order valence-electron chi connectivity index (χ1n) is 32.0. The van der Waals surface area contributed by atoms with Crippen molar-refractivity contribution in [2.45, 2.75) is 229 Å². The smallest absolute Gasteiger partial charge is 0.249 e. The molecule has 3 fully saturated rings. The second kappa shape index (κ2) is 36.1. The van der Waals surface area contributed by atoms with E-state index in [0.717, 1.165) is 59.6 Å². The fourth-order valence-corrected chi connectivity index (χ4v) is 12.5. The number of aliphatic hydroxyl groups excluding tert-OH is 4. The van der Waals surface area contributed by atoms with Crippen LogP contribution in [0, 0.1) is 11.8 Å². The van der Waals surface area contributed by atoms with Crippen LogP contribution in [0.2, 0.25) is 0 Å². The number of fused-ring (bicyclic) bond motifs is 2. The van der Waals surface area contributed by atoms with E-state index in [1.165, 1.54) is 72.7 Å². The van der Waals surface area contributed by atoms with Gasteiger partial charge in [0, 0.05) is 94.8 Å². The molecular formula is C63H110N10O15. The fourth-order valence-electron chi connectivity index (χ4n) is 12.5. The van der Waals surface area contributed by atoms with Gasteiger partial charge in [0.2, 0.25) is 41.4 Å². The summed E-state index contributed by atoms with van der Waals surface area (Å²) in [5, 5.41) is 56.6. The maximum absolute atomic E-state index is 15.9. The van der Waals surface area contributed by atoms with Crippen LogP contribution in [0.1, 0.15) is 144 Å². The van der Waals surface area contributed by atoms with Crippen LogP contribution < -0.4 is 26.4 Å². The summed E-state index contributed by atoms with van der Waals surface area (Å²) < 4.78 is 32.5. The first-order valence-corrected chi connectivity index (χ1v) is 31.5. The second-order valence-electron chi connectivity index (χ2n) is 25.1. The highest BCUT2D eigenvalue weighted by molar-refractivity contribution is 5.98. The first-order chi connectivity index (χ1) is 41.9. The Labute approximate surface area is 524 Å². The van der Waals surface area contributed by atoms with E-state index in [-0.39, 0.29) is 32.4 Å². The maximum atomic E-state index is 15.9. The Morgan fingerprint density at radius 1 is 0.784 bits per heavy atom. The van der Waals surface area contributed by atoms with Gasteiger partial charge in [-0.15, -0.1) is 0 Å². The van der Waals surface area contributed by atoms with Gasteiger partial charge in [0.25, 0.3) is 0 Å². The van der Waals surface area contributed by atoms with Gasteiger partial charge >= 0.3 is 0 Å². The average molecular weight is 1250 g/mol. The summed E-state index contributed by atoms with van der Waals surface area (Å²) in [7, 11) is 12.6. The number of hydrogen-bond donors (Lipinski definition) is 8. The maximum Gasteiger partial charge on any atom is 0.249 e. The van der Waals surface area contributed by atoms with Gasteiger partial charge in [0.1, 0.15) is 60.4 Å². The Morgan fingerprint density at radius 2 is 1.40 bits per heavy atom. The van der Waals surface area contributed by atoms with E-state index >= 15 is 28.8 Å². The van der Waals surface area contributed by atoms with E-state index in [1.807, 2.05) is 0 Å². The zero-order chi connectivity index (χ0) is 66.8. The van der Waals surface area contributed by atoms with E-state index < -0.39 is 158 Å². The number of nitrogens with one attached hydrogen (secondary N) is 3. The monoisotopic (exact) mass is 1250 g/mol. The minimum Gasteiger partial charge on any atom is -0.497 e. The summed E-state index contributed by atoms with van der Waals surface area (Å²) in [6.45, 7) is 10.7. The van der Waals surface area contributed by atoms with E-state index in [9.17, 15) is 26.6 Å². The van der Waals surface area contributed by atoms with Crippen molar-refractivity contribution in [1.82, 2.24) is 45.3 Å². The van der Waals surface area contributed by atoms with Gasteiger partial charge in [-0.05, 0) is 90.1 Å². The molecule has 3 aliphatic heterocycles. The van der Waals surface area contributed by atoms with Gasteiger partial charge in [-0.25, -0.2) is 0 Å². The normalized spacial score (nSPS) is 28.2. The Balaban J connectivity index is 1.94. The van der Waals surface area contributed by atoms with E-state index in [0.29, 0.717) is 29.6 Å². The molecule has 0 aromatic heterocycles. The zero-order valence-electron chi connectivity index (χ0n) is 56.2. The number of carbonyl (C=O) groups is 7. The molecule has 3 aliphatic rings. The molecule has 4 rings (SSSR count). The standard InChI is InChI=1S/C63H110N10O15/c1-16-37(2)31-38(3)23-21-19-17-18-20-22-24-50(77)66-45-34-47(76)57(65-39(4)35-64)71(11)61(82)54-48(86-13)29-30-72(54)63(84)53(49(87-14)32-40(5)68(7)8)70(10)60(81)51(55(78)56(88-15)42-25-27-44(85-12)28-26-42)67-58(79)46-33-43(75)36-73(46)62(83)52(41(6)74)69(9)59(45)80/h25-28,37-41,43,45-49,51-57,65,74-76,78H,16-24,29-36,64H2,1-15H3,(H,66,77)(H,67,79)/t37?,38?,39?,40?,41-,43-,45+,46?,47-,48+,49-,51+,52+,53+,54+,55+,56+,57+/m1/s1/i40D. The van der Waals surface area contributed by atoms with Crippen LogP contribution in [-0.2, 0) is 47.8 Å². The molecule has 88 heavy (non-hydrogen) atoms. The van der Waals surface area contributed by atoms with E-state index in [4.69, 9.17) is 24.7 Å². The van der Waals surface area contributed by atoms with Gasteiger partial charge in [0.15, 0.2) is 0 Å². The molecule has 0 aliphatic carbocycles. The predicted octanol–water partition coefficient (Wildman–Crippen LogP) is 1.36. The molecule has 25 nitrogen and oxygen atoms in total. The molecule has 9 N–H and O–H groups in total. The number of aliphatic hydroxyl groups is 4. The Morgan fingerprint density at radius 3 is 1.97 bits per heavy atom. The lowest BCUT2D eigenvalue weighted by Gasteiger charge is -2.42. The molecule has 0 spiro atoms. The lowest BCUT2D eigenvalue weighted by atomic mass is 9.91. The molecule has 1 aromatic carbocycles. The number of rotatable bonds is 28. The van der Waals surface area contributed by atoms with Crippen molar-refractivity contribution in [3.05, 3.63) is 29.8 Å². The molecule has 18 atom stereocenters. The van der Waals surface area contributed by atoms with E-state index in [1.54, 1.807) is 57.1 Å². The van der Waals surface area contributed by atoms with Gasteiger partial charge in [-0.1, -0.05) is 77.8 Å². The topological polar surface area (TPSA) is 319 Å². The van der Waals surface area contributed by atoms with Crippen molar-refractivity contribution in [3.63, 3.8) is 0 Å². The Bertz CT molecular complexity index is 2430. The summed E-state index contributed by atoms with van der Waals surface area (Å²) in [5.41, 5.74) is 6.47. The second-order valence-corrected chi connectivity index (χ2v) is 25.1. The SMILES string of the molecule is [2H]C(C)(C[C@@H](OC)[C@H]1C(=O)N2CC[C@H](OC)[C@H]2C(=O)N(C)[C@H](NC(C)CN)[C@H](O)C[C@H](NC(=O)CCCCCCCCC(C)CC(C)CC)C(=O)N(C)[C@@H]([C@@H](C)O)C(=O)N2C[C@H](O)CC2C(=O)N[C@@H]([C@H](O)[C@@H](OC)c2ccc(OC)cc2)C(=O)N1C)N(C)C. The van der Waals surface area contributed by atoms with Crippen LogP contribution in [0.15, 0.2) is 24.3 Å². The highest BCUT2D eigenvalue weighted by atomic mass is 16.5. The number of likely N-dealkylation sites (N-methyl/N-ethyl adjacent to an activating group) is 3. The summed E-state index contributed by atoms with van der Waals surface area (Å²) in [6, 6.07) is -5.92. The highest BCUT2D eigenvalue weighted by Gasteiger charge is 2.52. The largest absolute Gasteiger partial charge is 0.497 e. The third-order valence-electron chi connectivity index (χ3n) is 18.3. The Hall–Kier alpha value is -5.09. The number of hydrogen-bond acceptors (Lipinski definition) is 18. The van der Waals surface area contributed by atoms with Crippen LogP contribution in [0.5, 0.6) is 5.75 Å². The van der Waals surface area contributed by atoms with Crippen molar-refractivity contribution in [2.75, 3.05) is 83.3 Å². The number of carbonyl (C=O) groups excluding carboxylic acids is 7. The molecule has 0 radical (unpaired) electrons. The van der Waals surface area contributed by atoms with Crippen molar-refractivity contribution in [1.29, 1.82) is 0 Å². The predicted molar refractivity (Wildman–Crippen MR) is 332 cm³/mol. The number of unbranched alkanes of at least 4 members (excludes halogenated alkanes) is 5. The van der Waals surface area contributed by atoms with Crippen molar-refractivity contribution < 1.29 is 74.3 Å². The number of nitrogens with zero attached hydrogens (tertiary/aromatic N) is 6. The highest BCUT2D eigenvalue weighted by Crippen LogP contribution is 2.32. The van der Waals surface area contributed by atoms with Crippen molar-refractivity contribution in [2.24, 2.45) is 17.6 Å². The minimum atomic E-state index is -2.03. The number of ether oxygens (including phenoxy) is 4. The molecule has 25 heteroatoms. The summed E-state index contributed by atoms with van der Waals surface area (Å²) in [4.78, 5) is 113.